The van der Waals surface area contributed by atoms with Crippen LogP contribution in [0.3, 0.4) is 0 Å². The number of nitrogens with one attached hydrogen (secondary N) is 1. The van der Waals surface area contributed by atoms with Gasteiger partial charge in [0.25, 0.3) is 5.91 Å². The second-order valence-corrected chi connectivity index (χ2v) is 6.82. The molecule has 0 saturated heterocycles. The summed E-state index contributed by atoms with van der Waals surface area (Å²) in [5.74, 6) is 1.96. The van der Waals surface area contributed by atoms with Gasteiger partial charge in [-0.3, -0.25) is 4.79 Å². The highest BCUT2D eigenvalue weighted by Crippen LogP contribution is 2.43. The summed E-state index contributed by atoms with van der Waals surface area (Å²) in [6, 6.07) is 13.5. The summed E-state index contributed by atoms with van der Waals surface area (Å²) in [4.78, 5) is 12.7. The van der Waals surface area contributed by atoms with Crippen LogP contribution >= 0.6 is 0 Å². The van der Waals surface area contributed by atoms with E-state index < -0.39 is 0 Å². The van der Waals surface area contributed by atoms with E-state index in [9.17, 15) is 4.79 Å². The van der Waals surface area contributed by atoms with Crippen molar-refractivity contribution in [3.05, 3.63) is 59.2 Å². The van der Waals surface area contributed by atoms with E-state index >= 15 is 0 Å². The van der Waals surface area contributed by atoms with Crippen LogP contribution < -0.4 is 14.8 Å². The van der Waals surface area contributed by atoms with Gasteiger partial charge in [-0.05, 0) is 54.2 Å². The predicted octanol–water partition coefficient (Wildman–Crippen LogP) is 3.49. The Hall–Kier alpha value is -2.53. The Balaban J connectivity index is 1.51. The molecule has 1 heterocycles. The van der Waals surface area contributed by atoms with Crippen LogP contribution in [-0.2, 0) is 11.3 Å². The van der Waals surface area contributed by atoms with Crippen molar-refractivity contribution < 1.29 is 19.0 Å². The Morgan fingerprint density at radius 2 is 1.85 bits per heavy atom. The molecular weight excluding hydrogens is 330 g/mol. The third kappa shape index (κ3) is 3.68. The molecule has 2 aromatic carbocycles. The van der Waals surface area contributed by atoms with Crippen molar-refractivity contribution >= 4 is 5.91 Å². The summed E-state index contributed by atoms with van der Waals surface area (Å²) in [6.07, 6.45) is 2.26. The van der Waals surface area contributed by atoms with Crippen LogP contribution in [0.15, 0.2) is 42.5 Å². The smallest absolute Gasteiger partial charge is 0.251 e. The average Bonchev–Trinajstić information content (AvgIpc) is 3.51. The van der Waals surface area contributed by atoms with Crippen molar-refractivity contribution in [1.82, 2.24) is 5.32 Å². The molecule has 1 fully saturated rings. The van der Waals surface area contributed by atoms with E-state index in [2.05, 4.69) is 5.32 Å². The zero-order chi connectivity index (χ0) is 17.9. The lowest BCUT2D eigenvalue weighted by Crippen LogP contribution is -2.30. The maximum atomic E-state index is 12.7. The van der Waals surface area contributed by atoms with Gasteiger partial charge < -0.3 is 19.5 Å². The molecule has 1 unspecified atom stereocenters. The number of hydrogen-bond acceptors (Lipinski definition) is 4. The van der Waals surface area contributed by atoms with Crippen LogP contribution in [0, 0.1) is 5.92 Å². The Morgan fingerprint density at radius 1 is 1.12 bits per heavy atom. The van der Waals surface area contributed by atoms with Crippen molar-refractivity contribution in [2.24, 2.45) is 5.92 Å². The van der Waals surface area contributed by atoms with E-state index in [-0.39, 0.29) is 11.9 Å². The number of hydrogen-bond donors (Lipinski definition) is 1. The lowest BCUT2D eigenvalue weighted by Gasteiger charge is -2.23. The first kappa shape index (κ1) is 16.9. The first-order valence-corrected chi connectivity index (χ1v) is 9.03. The highest BCUT2D eigenvalue weighted by Gasteiger charge is 2.34. The molecule has 1 amide bonds. The Labute approximate surface area is 153 Å². The Kier molecular flexibility index (Phi) is 4.80. The molecule has 26 heavy (non-hydrogen) atoms. The SMILES string of the molecule is COCc1ccc(C(=O)NC(c2ccc3c(c2)OCCO3)C2CC2)cc1. The van der Waals surface area contributed by atoms with Gasteiger partial charge in [-0.15, -0.1) is 0 Å². The number of methoxy groups -OCH3 is 1. The minimum atomic E-state index is -0.0549. The molecule has 4 rings (SSSR count). The van der Waals surface area contributed by atoms with Crippen LogP contribution in [0.1, 0.15) is 40.4 Å². The van der Waals surface area contributed by atoms with Gasteiger partial charge in [0, 0.05) is 12.7 Å². The van der Waals surface area contributed by atoms with Gasteiger partial charge in [-0.2, -0.15) is 0 Å². The zero-order valence-electron chi connectivity index (χ0n) is 14.9. The molecule has 1 aliphatic carbocycles. The summed E-state index contributed by atoms with van der Waals surface area (Å²) in [5.41, 5.74) is 2.78. The second kappa shape index (κ2) is 7.38. The molecule has 1 aliphatic heterocycles. The fourth-order valence-electron chi connectivity index (χ4n) is 3.30. The molecule has 1 atom stereocenters. The number of carbonyl (C=O) groups excluding carboxylic acids is 1. The second-order valence-electron chi connectivity index (χ2n) is 6.82. The number of benzene rings is 2. The molecule has 2 aromatic rings. The van der Waals surface area contributed by atoms with Gasteiger partial charge >= 0.3 is 0 Å². The van der Waals surface area contributed by atoms with Gasteiger partial charge in [0.15, 0.2) is 11.5 Å². The summed E-state index contributed by atoms with van der Waals surface area (Å²) in [7, 11) is 1.66. The highest BCUT2D eigenvalue weighted by atomic mass is 16.6. The summed E-state index contributed by atoms with van der Waals surface area (Å²) in [5, 5.41) is 3.20. The fraction of sp³-hybridized carbons (Fsp3) is 0.381. The number of ether oxygens (including phenoxy) is 3. The van der Waals surface area contributed by atoms with Crippen molar-refractivity contribution in [2.45, 2.75) is 25.5 Å². The lowest BCUT2D eigenvalue weighted by molar-refractivity contribution is 0.0931. The minimum absolute atomic E-state index is 0.00280. The van der Waals surface area contributed by atoms with Crippen LogP contribution in [0.5, 0.6) is 11.5 Å². The maximum Gasteiger partial charge on any atom is 0.251 e. The van der Waals surface area contributed by atoms with Crippen molar-refractivity contribution in [1.29, 1.82) is 0 Å². The molecular formula is C21H23NO4. The van der Waals surface area contributed by atoms with Crippen LogP contribution in [0.2, 0.25) is 0 Å². The molecule has 0 spiro atoms. The van der Waals surface area contributed by atoms with Crippen molar-refractivity contribution in [2.75, 3.05) is 20.3 Å². The van der Waals surface area contributed by atoms with E-state index in [1.165, 1.54) is 0 Å². The highest BCUT2D eigenvalue weighted by molar-refractivity contribution is 5.94. The monoisotopic (exact) mass is 353 g/mol. The Morgan fingerprint density at radius 3 is 2.54 bits per heavy atom. The quantitative estimate of drug-likeness (QED) is 0.864. The third-order valence-corrected chi connectivity index (χ3v) is 4.83. The van der Waals surface area contributed by atoms with Gasteiger partial charge in [-0.25, -0.2) is 0 Å². The molecule has 0 aromatic heterocycles. The summed E-state index contributed by atoms with van der Waals surface area (Å²) >= 11 is 0. The lowest BCUT2D eigenvalue weighted by atomic mass is 10.0. The molecule has 1 saturated carbocycles. The number of rotatable bonds is 6. The molecule has 5 nitrogen and oxygen atoms in total. The van der Waals surface area contributed by atoms with Crippen molar-refractivity contribution in [3.63, 3.8) is 0 Å². The zero-order valence-corrected chi connectivity index (χ0v) is 14.9. The van der Waals surface area contributed by atoms with E-state index in [1.807, 2.05) is 42.5 Å². The van der Waals surface area contributed by atoms with Gasteiger partial charge in [0.1, 0.15) is 13.2 Å². The van der Waals surface area contributed by atoms with Gasteiger partial charge in [-0.1, -0.05) is 18.2 Å². The van der Waals surface area contributed by atoms with E-state index in [0.717, 1.165) is 35.5 Å². The first-order chi connectivity index (χ1) is 12.7. The number of amides is 1. The van der Waals surface area contributed by atoms with Gasteiger partial charge in [0.2, 0.25) is 0 Å². The molecule has 0 bridgehead atoms. The normalized spacial score (nSPS) is 16.8. The average molecular weight is 353 g/mol. The van der Waals surface area contributed by atoms with Crippen molar-refractivity contribution in [3.8, 4) is 11.5 Å². The van der Waals surface area contributed by atoms with Crippen LogP contribution in [-0.4, -0.2) is 26.2 Å². The summed E-state index contributed by atoms with van der Waals surface area (Å²) < 4.78 is 16.4. The molecule has 136 valence electrons. The standard InChI is InChI=1S/C21H23NO4/c1-24-13-14-2-4-16(5-3-14)21(23)22-20(15-6-7-15)17-8-9-18-19(12-17)26-11-10-25-18/h2-5,8-9,12,15,20H,6-7,10-11,13H2,1H3,(H,22,23). The molecule has 2 aliphatic rings. The fourth-order valence-corrected chi connectivity index (χ4v) is 3.30. The van der Waals surface area contributed by atoms with Gasteiger partial charge in [0.05, 0.1) is 12.6 Å². The third-order valence-electron chi connectivity index (χ3n) is 4.83. The van der Waals surface area contributed by atoms with E-state index in [0.29, 0.717) is 31.3 Å². The molecule has 5 heteroatoms. The van der Waals surface area contributed by atoms with Crippen LogP contribution in [0.25, 0.3) is 0 Å². The number of fused-ring (bicyclic) bond motifs is 1. The molecule has 1 N–H and O–H groups in total. The molecule has 0 radical (unpaired) electrons. The van der Waals surface area contributed by atoms with E-state index in [4.69, 9.17) is 14.2 Å². The summed E-state index contributed by atoms with van der Waals surface area (Å²) in [6.45, 7) is 1.68. The first-order valence-electron chi connectivity index (χ1n) is 9.03. The minimum Gasteiger partial charge on any atom is -0.486 e. The predicted molar refractivity (Wildman–Crippen MR) is 97.5 cm³/mol. The topological polar surface area (TPSA) is 56.8 Å². The maximum absolute atomic E-state index is 12.7. The number of carbonyl (C=O) groups is 1. The van der Waals surface area contributed by atoms with E-state index in [1.54, 1.807) is 7.11 Å². The largest absolute Gasteiger partial charge is 0.486 e. The Bertz CT molecular complexity index is 783. The van der Waals surface area contributed by atoms with Crippen LogP contribution in [0.4, 0.5) is 0 Å².